The molecule has 1 aliphatic rings. The van der Waals surface area contributed by atoms with E-state index in [1.165, 1.54) is 6.26 Å². The molecule has 6 heteroatoms. The van der Waals surface area contributed by atoms with Crippen LogP contribution in [0.15, 0.2) is 35.2 Å². The molecule has 3 rings (SSSR count). The predicted molar refractivity (Wildman–Crippen MR) is 70.1 cm³/mol. The summed E-state index contributed by atoms with van der Waals surface area (Å²) in [5.41, 5.74) is 0.759. The molecule has 0 aromatic carbocycles. The zero-order valence-electron chi connectivity index (χ0n) is 10.4. The number of hydrogen-bond donors (Lipinski definition) is 3. The average molecular weight is 272 g/mol. The van der Waals surface area contributed by atoms with Crippen molar-refractivity contribution in [3.05, 3.63) is 53.3 Å². The van der Waals surface area contributed by atoms with Crippen molar-refractivity contribution in [1.29, 1.82) is 5.41 Å². The highest BCUT2D eigenvalue weighted by Crippen LogP contribution is 2.34. The van der Waals surface area contributed by atoms with Crippen LogP contribution in [0.25, 0.3) is 0 Å². The number of hydrogen-bond acceptors (Lipinski definition) is 5. The average Bonchev–Trinajstić information content (AvgIpc) is 3.18. The summed E-state index contributed by atoms with van der Waals surface area (Å²) in [6, 6.07) is 3.23. The van der Waals surface area contributed by atoms with E-state index >= 15 is 0 Å². The predicted octanol–water partition coefficient (Wildman–Crippen LogP) is 2.52. The first-order chi connectivity index (χ1) is 9.72. The van der Waals surface area contributed by atoms with Gasteiger partial charge in [0.2, 0.25) is 0 Å². The molecule has 20 heavy (non-hydrogen) atoms. The van der Waals surface area contributed by atoms with Crippen LogP contribution >= 0.6 is 0 Å². The summed E-state index contributed by atoms with van der Waals surface area (Å²) in [4.78, 5) is 14.1. The number of rotatable bonds is 4. The molecule has 1 aliphatic heterocycles. The lowest BCUT2D eigenvalue weighted by Gasteiger charge is -2.09. The van der Waals surface area contributed by atoms with Gasteiger partial charge in [0.15, 0.2) is 17.9 Å². The smallest absolute Gasteiger partial charge is 0.199 e. The van der Waals surface area contributed by atoms with Gasteiger partial charge in [-0.1, -0.05) is 0 Å². The van der Waals surface area contributed by atoms with Crippen LogP contribution in [-0.4, -0.2) is 22.1 Å². The molecule has 3 heterocycles. The highest BCUT2D eigenvalue weighted by Gasteiger charge is 2.28. The minimum Gasteiger partial charge on any atom is -0.494 e. The quantitative estimate of drug-likeness (QED) is 0.588. The molecule has 2 aromatic rings. The molecule has 102 valence electrons. The lowest BCUT2D eigenvalue weighted by molar-refractivity contribution is 0.111. The maximum atomic E-state index is 11.4. The van der Waals surface area contributed by atoms with Gasteiger partial charge in [-0.05, 0) is 18.2 Å². The Kier molecular flexibility index (Phi) is 2.90. The topological polar surface area (TPSA) is 99.3 Å². The summed E-state index contributed by atoms with van der Waals surface area (Å²) in [5, 5.41) is 18.1. The highest BCUT2D eigenvalue weighted by molar-refractivity contribution is 6.14. The molecule has 0 saturated heterocycles. The Morgan fingerprint density at radius 2 is 2.40 bits per heavy atom. The van der Waals surface area contributed by atoms with Crippen molar-refractivity contribution in [3.63, 3.8) is 0 Å². The Hall–Kier alpha value is -2.76. The van der Waals surface area contributed by atoms with Crippen LogP contribution in [0, 0.1) is 5.41 Å². The second kappa shape index (κ2) is 4.73. The van der Waals surface area contributed by atoms with Crippen molar-refractivity contribution >= 4 is 12.0 Å². The van der Waals surface area contributed by atoms with Crippen molar-refractivity contribution < 1.29 is 19.1 Å². The molecule has 0 spiro atoms. The third-order valence-corrected chi connectivity index (χ3v) is 3.20. The molecule has 3 N–H and O–H groups in total. The van der Waals surface area contributed by atoms with Crippen molar-refractivity contribution in [2.24, 2.45) is 0 Å². The van der Waals surface area contributed by atoms with Gasteiger partial charge in [-0.2, -0.15) is 0 Å². The first kappa shape index (κ1) is 12.3. The lowest BCUT2D eigenvalue weighted by atomic mass is 10.0. The molecule has 0 aliphatic carbocycles. The standard InChI is InChI=1S/C14H12N2O4/c15-12(9-3-1-5-19-9)11-8(7-17)13(16-14(11)18)10-4-2-6-20-10/h1-3,5-7,10,15-16,18H,4H2. The fourth-order valence-electron chi connectivity index (χ4n) is 2.26. The van der Waals surface area contributed by atoms with Crippen molar-refractivity contribution in [2.75, 3.05) is 0 Å². The number of nitrogens with one attached hydrogen (secondary N) is 2. The number of furan rings is 1. The van der Waals surface area contributed by atoms with Crippen LogP contribution in [0.5, 0.6) is 5.88 Å². The van der Waals surface area contributed by atoms with Gasteiger partial charge >= 0.3 is 0 Å². The first-order valence-electron chi connectivity index (χ1n) is 6.05. The first-order valence-corrected chi connectivity index (χ1v) is 6.05. The minimum atomic E-state index is -0.348. The van der Waals surface area contributed by atoms with E-state index in [1.807, 2.05) is 6.08 Å². The van der Waals surface area contributed by atoms with E-state index in [9.17, 15) is 9.90 Å². The molecule has 0 fully saturated rings. The van der Waals surface area contributed by atoms with Gasteiger partial charge in [-0.25, -0.2) is 0 Å². The Morgan fingerprint density at radius 3 is 3.00 bits per heavy atom. The van der Waals surface area contributed by atoms with E-state index in [-0.39, 0.29) is 34.6 Å². The molecular weight excluding hydrogens is 260 g/mol. The number of ether oxygens (including phenoxy) is 1. The Morgan fingerprint density at radius 1 is 1.55 bits per heavy atom. The monoisotopic (exact) mass is 272 g/mol. The van der Waals surface area contributed by atoms with Crippen LogP contribution < -0.4 is 0 Å². The van der Waals surface area contributed by atoms with E-state index < -0.39 is 0 Å². The van der Waals surface area contributed by atoms with Gasteiger partial charge in [0.05, 0.1) is 29.3 Å². The lowest BCUT2D eigenvalue weighted by Crippen LogP contribution is -2.05. The summed E-state index contributed by atoms with van der Waals surface area (Å²) in [7, 11) is 0. The van der Waals surface area contributed by atoms with Gasteiger partial charge < -0.3 is 19.2 Å². The van der Waals surface area contributed by atoms with Gasteiger partial charge in [-0.3, -0.25) is 10.2 Å². The van der Waals surface area contributed by atoms with Crippen LogP contribution in [-0.2, 0) is 4.74 Å². The number of carbonyl (C=O) groups excluding carboxylic acids is 1. The molecule has 0 radical (unpaired) electrons. The molecule has 6 nitrogen and oxygen atoms in total. The molecule has 0 bridgehead atoms. The summed E-state index contributed by atoms with van der Waals surface area (Å²) >= 11 is 0. The Labute approximate surface area is 114 Å². The Bertz CT molecular complexity index is 674. The Balaban J connectivity index is 2.07. The summed E-state index contributed by atoms with van der Waals surface area (Å²) < 4.78 is 10.5. The zero-order valence-corrected chi connectivity index (χ0v) is 10.4. The molecule has 1 atom stereocenters. The van der Waals surface area contributed by atoms with E-state index in [1.54, 1.807) is 18.4 Å². The third-order valence-electron chi connectivity index (χ3n) is 3.20. The SMILES string of the molecule is N=C(c1ccco1)c1c(O)[nH]c(C2CC=CO2)c1C=O. The van der Waals surface area contributed by atoms with Gasteiger partial charge in [-0.15, -0.1) is 0 Å². The second-order valence-electron chi connectivity index (χ2n) is 4.38. The number of aldehydes is 1. The molecule has 0 amide bonds. The van der Waals surface area contributed by atoms with Crippen molar-refractivity contribution in [3.8, 4) is 5.88 Å². The van der Waals surface area contributed by atoms with E-state index in [0.29, 0.717) is 18.4 Å². The number of carbonyl (C=O) groups is 1. The second-order valence-corrected chi connectivity index (χ2v) is 4.38. The van der Waals surface area contributed by atoms with Gasteiger partial charge in [0.1, 0.15) is 11.8 Å². The van der Waals surface area contributed by atoms with Gasteiger partial charge in [0, 0.05) is 6.42 Å². The fraction of sp³-hybridized carbons (Fsp3) is 0.143. The summed E-state index contributed by atoms with van der Waals surface area (Å²) in [6.07, 6.45) is 5.68. The third kappa shape index (κ3) is 1.82. The number of aromatic amines is 1. The van der Waals surface area contributed by atoms with Crippen LogP contribution in [0.1, 0.15) is 39.9 Å². The van der Waals surface area contributed by atoms with E-state index in [0.717, 1.165) is 0 Å². The number of H-pyrrole nitrogens is 1. The summed E-state index contributed by atoms with van der Waals surface area (Å²) in [6.45, 7) is 0. The van der Waals surface area contributed by atoms with Crippen molar-refractivity contribution in [2.45, 2.75) is 12.5 Å². The molecular formula is C14H12N2O4. The van der Waals surface area contributed by atoms with Crippen LogP contribution in [0.2, 0.25) is 0 Å². The number of aromatic hydroxyl groups is 1. The summed E-state index contributed by atoms with van der Waals surface area (Å²) in [5.74, 6) is 0.0402. The zero-order chi connectivity index (χ0) is 14.1. The maximum Gasteiger partial charge on any atom is 0.199 e. The molecule has 1 unspecified atom stereocenters. The molecule has 2 aromatic heterocycles. The van der Waals surface area contributed by atoms with Crippen LogP contribution in [0.4, 0.5) is 0 Å². The van der Waals surface area contributed by atoms with Crippen LogP contribution in [0.3, 0.4) is 0 Å². The fourth-order valence-corrected chi connectivity index (χ4v) is 2.26. The highest BCUT2D eigenvalue weighted by atomic mass is 16.5. The van der Waals surface area contributed by atoms with E-state index in [2.05, 4.69) is 4.98 Å². The maximum absolute atomic E-state index is 11.4. The minimum absolute atomic E-state index is 0.0527. The van der Waals surface area contributed by atoms with Crippen molar-refractivity contribution in [1.82, 2.24) is 4.98 Å². The molecule has 0 saturated carbocycles. The normalized spacial score (nSPS) is 17.1. The van der Waals surface area contributed by atoms with Gasteiger partial charge in [0.25, 0.3) is 0 Å². The number of aromatic nitrogens is 1. The van der Waals surface area contributed by atoms with E-state index in [4.69, 9.17) is 14.6 Å². The largest absolute Gasteiger partial charge is 0.494 e.